The van der Waals surface area contributed by atoms with E-state index in [4.69, 9.17) is 0 Å². The monoisotopic (exact) mass is 225 g/mol. The molecule has 0 radical (unpaired) electrons. The second-order valence-corrected chi connectivity index (χ2v) is 3.88. The Balaban J connectivity index is 1.98. The van der Waals surface area contributed by atoms with Gasteiger partial charge in [0, 0.05) is 6.20 Å². The number of fused-ring (bicyclic) bond motifs is 1. The fourth-order valence-electron chi connectivity index (χ4n) is 1.91. The van der Waals surface area contributed by atoms with Gasteiger partial charge >= 0.3 is 0 Å². The standard InChI is InChI=1S/C13H11N3O/c17-13-11(9-5-2-1-3-6-9)16-12-10(15-13)7-4-8-14-12/h1-8,11H,(H,14,16)(H,15,17)/t11-/m0/s1. The summed E-state index contributed by atoms with van der Waals surface area (Å²) in [5.41, 5.74) is 1.66. The molecule has 0 unspecified atom stereocenters. The zero-order valence-electron chi connectivity index (χ0n) is 9.05. The molecular weight excluding hydrogens is 214 g/mol. The van der Waals surface area contributed by atoms with Crippen LogP contribution in [-0.4, -0.2) is 10.9 Å². The molecule has 1 atom stereocenters. The lowest BCUT2D eigenvalue weighted by Crippen LogP contribution is -2.32. The average Bonchev–Trinajstić information content (AvgIpc) is 2.39. The molecule has 1 aliphatic rings. The van der Waals surface area contributed by atoms with Crippen LogP contribution in [0.1, 0.15) is 11.6 Å². The Morgan fingerprint density at radius 1 is 1.06 bits per heavy atom. The van der Waals surface area contributed by atoms with Crippen LogP contribution in [0.2, 0.25) is 0 Å². The van der Waals surface area contributed by atoms with Crippen molar-refractivity contribution in [3.63, 3.8) is 0 Å². The van der Waals surface area contributed by atoms with Crippen molar-refractivity contribution in [3.05, 3.63) is 54.2 Å². The van der Waals surface area contributed by atoms with Crippen LogP contribution in [0.4, 0.5) is 11.5 Å². The van der Waals surface area contributed by atoms with Crippen LogP contribution in [0, 0.1) is 0 Å². The Labute approximate surface area is 98.7 Å². The maximum Gasteiger partial charge on any atom is 0.251 e. The first-order valence-corrected chi connectivity index (χ1v) is 5.42. The van der Waals surface area contributed by atoms with Crippen LogP contribution in [0.3, 0.4) is 0 Å². The number of nitrogens with one attached hydrogen (secondary N) is 2. The van der Waals surface area contributed by atoms with Crippen LogP contribution < -0.4 is 10.6 Å². The summed E-state index contributed by atoms with van der Waals surface area (Å²) in [5, 5.41) is 5.98. The summed E-state index contributed by atoms with van der Waals surface area (Å²) in [6, 6.07) is 12.8. The molecule has 4 heteroatoms. The minimum absolute atomic E-state index is 0.0586. The number of amides is 1. The molecular formula is C13H11N3O. The molecule has 2 N–H and O–H groups in total. The molecule has 2 heterocycles. The second-order valence-electron chi connectivity index (χ2n) is 3.88. The molecule has 0 fully saturated rings. The Hall–Kier alpha value is -2.36. The van der Waals surface area contributed by atoms with Crippen molar-refractivity contribution in [1.29, 1.82) is 0 Å². The summed E-state index contributed by atoms with van der Waals surface area (Å²) in [4.78, 5) is 16.2. The SMILES string of the molecule is O=C1Nc2cccnc2N[C@H]1c1ccccc1. The van der Waals surface area contributed by atoms with Gasteiger partial charge in [-0.25, -0.2) is 4.98 Å². The molecule has 17 heavy (non-hydrogen) atoms. The first-order valence-electron chi connectivity index (χ1n) is 5.42. The number of benzene rings is 1. The molecule has 4 nitrogen and oxygen atoms in total. The Kier molecular flexibility index (Phi) is 2.26. The average molecular weight is 225 g/mol. The quantitative estimate of drug-likeness (QED) is 0.782. The molecule has 0 saturated carbocycles. The highest BCUT2D eigenvalue weighted by Crippen LogP contribution is 2.29. The third-order valence-electron chi connectivity index (χ3n) is 2.74. The maximum absolute atomic E-state index is 12.0. The van der Waals surface area contributed by atoms with Gasteiger partial charge in [0.1, 0.15) is 6.04 Å². The highest BCUT2D eigenvalue weighted by Gasteiger charge is 2.26. The fourth-order valence-corrected chi connectivity index (χ4v) is 1.91. The van der Waals surface area contributed by atoms with Gasteiger partial charge in [-0.05, 0) is 17.7 Å². The highest BCUT2D eigenvalue weighted by molar-refractivity contribution is 6.02. The van der Waals surface area contributed by atoms with Gasteiger partial charge < -0.3 is 10.6 Å². The van der Waals surface area contributed by atoms with Crippen molar-refractivity contribution in [2.45, 2.75) is 6.04 Å². The number of hydrogen-bond donors (Lipinski definition) is 2. The van der Waals surface area contributed by atoms with Crippen LogP contribution in [0.25, 0.3) is 0 Å². The number of rotatable bonds is 1. The lowest BCUT2D eigenvalue weighted by Gasteiger charge is -2.25. The number of nitrogens with zero attached hydrogens (tertiary/aromatic N) is 1. The first kappa shape index (κ1) is 9.84. The maximum atomic E-state index is 12.0. The van der Waals surface area contributed by atoms with E-state index in [2.05, 4.69) is 15.6 Å². The molecule has 3 rings (SSSR count). The molecule has 1 aromatic heterocycles. The van der Waals surface area contributed by atoms with Gasteiger partial charge in [-0.3, -0.25) is 4.79 Å². The van der Waals surface area contributed by atoms with Gasteiger partial charge in [-0.15, -0.1) is 0 Å². The zero-order chi connectivity index (χ0) is 11.7. The lowest BCUT2D eigenvalue weighted by atomic mass is 10.0. The van der Waals surface area contributed by atoms with E-state index in [1.54, 1.807) is 12.3 Å². The summed E-state index contributed by atoms with van der Waals surface area (Å²) >= 11 is 0. The fraction of sp³-hybridized carbons (Fsp3) is 0.0769. The van der Waals surface area contributed by atoms with E-state index in [0.29, 0.717) is 5.82 Å². The highest BCUT2D eigenvalue weighted by atomic mass is 16.2. The molecule has 0 aliphatic carbocycles. The molecule has 1 aromatic carbocycles. The van der Waals surface area contributed by atoms with Crippen LogP contribution in [0.15, 0.2) is 48.7 Å². The summed E-state index contributed by atoms with van der Waals surface area (Å²) in [5.74, 6) is 0.651. The van der Waals surface area contributed by atoms with Crippen molar-refractivity contribution in [1.82, 2.24) is 4.98 Å². The predicted molar refractivity (Wildman–Crippen MR) is 65.7 cm³/mol. The van der Waals surface area contributed by atoms with E-state index in [9.17, 15) is 4.79 Å². The normalized spacial score (nSPS) is 17.9. The smallest absolute Gasteiger partial charge is 0.251 e. The minimum Gasteiger partial charge on any atom is -0.353 e. The third-order valence-corrected chi connectivity index (χ3v) is 2.74. The van der Waals surface area contributed by atoms with E-state index in [-0.39, 0.29) is 11.9 Å². The first-order chi connectivity index (χ1) is 8.34. The van der Waals surface area contributed by atoms with Crippen LogP contribution in [-0.2, 0) is 4.79 Å². The largest absolute Gasteiger partial charge is 0.353 e. The number of aromatic nitrogens is 1. The van der Waals surface area contributed by atoms with Gasteiger partial charge in [0.15, 0.2) is 5.82 Å². The summed E-state index contributed by atoms with van der Waals surface area (Å²) < 4.78 is 0. The van der Waals surface area contributed by atoms with Crippen LogP contribution in [0.5, 0.6) is 0 Å². The predicted octanol–water partition coefficient (Wildman–Crippen LogP) is 2.19. The molecule has 0 bridgehead atoms. The van der Waals surface area contributed by atoms with Crippen molar-refractivity contribution < 1.29 is 4.79 Å². The molecule has 1 amide bonds. The van der Waals surface area contributed by atoms with Crippen molar-refractivity contribution >= 4 is 17.4 Å². The van der Waals surface area contributed by atoms with Crippen molar-refractivity contribution in [3.8, 4) is 0 Å². The minimum atomic E-state index is -0.376. The van der Waals surface area contributed by atoms with E-state index >= 15 is 0 Å². The van der Waals surface area contributed by atoms with Crippen LogP contribution >= 0.6 is 0 Å². The molecule has 0 saturated heterocycles. The Bertz CT molecular complexity index is 554. The zero-order valence-corrected chi connectivity index (χ0v) is 9.05. The van der Waals surface area contributed by atoms with E-state index < -0.39 is 0 Å². The van der Waals surface area contributed by atoms with E-state index in [1.165, 1.54) is 0 Å². The number of anilines is 2. The van der Waals surface area contributed by atoms with Gasteiger partial charge in [-0.2, -0.15) is 0 Å². The number of carbonyl (C=O) groups excluding carboxylic acids is 1. The van der Waals surface area contributed by atoms with Gasteiger partial charge in [0.05, 0.1) is 5.69 Å². The molecule has 84 valence electrons. The van der Waals surface area contributed by atoms with E-state index in [1.807, 2.05) is 36.4 Å². The van der Waals surface area contributed by atoms with Crippen molar-refractivity contribution in [2.24, 2.45) is 0 Å². The van der Waals surface area contributed by atoms with E-state index in [0.717, 1.165) is 11.3 Å². The lowest BCUT2D eigenvalue weighted by molar-refractivity contribution is -0.117. The summed E-state index contributed by atoms with van der Waals surface area (Å²) in [6.45, 7) is 0. The summed E-state index contributed by atoms with van der Waals surface area (Å²) in [7, 11) is 0. The van der Waals surface area contributed by atoms with Gasteiger partial charge in [0.2, 0.25) is 0 Å². The van der Waals surface area contributed by atoms with Gasteiger partial charge in [-0.1, -0.05) is 30.3 Å². The number of pyridine rings is 1. The number of carbonyl (C=O) groups is 1. The third kappa shape index (κ3) is 1.73. The molecule has 0 spiro atoms. The molecule has 1 aliphatic heterocycles. The molecule has 2 aromatic rings. The Morgan fingerprint density at radius 3 is 2.71 bits per heavy atom. The topological polar surface area (TPSA) is 54.0 Å². The van der Waals surface area contributed by atoms with Gasteiger partial charge in [0.25, 0.3) is 5.91 Å². The Morgan fingerprint density at radius 2 is 1.88 bits per heavy atom. The summed E-state index contributed by atoms with van der Waals surface area (Å²) in [6.07, 6.45) is 1.70. The van der Waals surface area contributed by atoms with Crippen molar-refractivity contribution in [2.75, 3.05) is 10.6 Å². The second kappa shape index (κ2) is 3.90. The number of hydrogen-bond acceptors (Lipinski definition) is 3.